The van der Waals surface area contributed by atoms with Crippen LogP contribution in [0.25, 0.3) is 0 Å². The number of unbranched alkanes of at least 4 members (excludes halogenated alkanes) is 32. The summed E-state index contributed by atoms with van der Waals surface area (Å²) in [6, 6.07) is -0.701. The van der Waals surface area contributed by atoms with E-state index in [4.69, 9.17) is 4.74 Å². The van der Waals surface area contributed by atoms with Gasteiger partial charge in [0.2, 0.25) is 5.91 Å². The quantitative estimate of drug-likeness (QED) is 0.0322. The van der Waals surface area contributed by atoms with Crippen LogP contribution in [-0.4, -0.2) is 46.9 Å². The van der Waals surface area contributed by atoms with Crippen molar-refractivity contribution in [2.24, 2.45) is 0 Å². The van der Waals surface area contributed by atoms with E-state index in [1.165, 1.54) is 173 Å². The maximum absolute atomic E-state index is 13.2. The lowest BCUT2D eigenvalue weighted by Crippen LogP contribution is -2.46. The van der Waals surface area contributed by atoms with Crippen LogP contribution >= 0.6 is 0 Å². The van der Waals surface area contributed by atoms with Crippen LogP contribution in [0.5, 0.6) is 0 Å². The SMILES string of the molecule is CCCCCCCCC/C=C/C=C/CCCCCC(=O)OC(CCCCCCCCCCCCC)CC(=O)NC(CO)C(O)CCCCCCCCCCCCCCC. The summed E-state index contributed by atoms with van der Waals surface area (Å²) in [5.74, 6) is -0.492. The van der Waals surface area contributed by atoms with Crippen LogP contribution in [0.4, 0.5) is 0 Å². The third-order valence-electron chi connectivity index (χ3n) is 12.1. The van der Waals surface area contributed by atoms with E-state index >= 15 is 0 Å². The Labute approximate surface area is 367 Å². The Balaban J connectivity index is 4.54. The molecule has 0 radical (unpaired) electrons. The van der Waals surface area contributed by atoms with Gasteiger partial charge in [-0.2, -0.15) is 0 Å². The summed E-state index contributed by atoms with van der Waals surface area (Å²) in [5, 5.41) is 23.7. The predicted octanol–water partition coefficient (Wildman–Crippen LogP) is 15.5. The first-order chi connectivity index (χ1) is 29.0. The smallest absolute Gasteiger partial charge is 0.306 e. The van der Waals surface area contributed by atoms with Crippen LogP contribution < -0.4 is 5.32 Å². The van der Waals surface area contributed by atoms with Gasteiger partial charge in [0.15, 0.2) is 0 Å². The topological polar surface area (TPSA) is 95.9 Å². The molecule has 0 aliphatic heterocycles. The zero-order valence-corrected chi connectivity index (χ0v) is 39.7. The molecule has 3 unspecified atom stereocenters. The number of amides is 1. The van der Waals surface area contributed by atoms with E-state index < -0.39 is 18.2 Å². The third-order valence-corrected chi connectivity index (χ3v) is 12.1. The number of hydrogen-bond donors (Lipinski definition) is 3. The van der Waals surface area contributed by atoms with E-state index in [1.807, 2.05) is 0 Å². The molecular weight excluding hydrogens is 731 g/mol. The molecule has 0 aliphatic carbocycles. The molecule has 3 N–H and O–H groups in total. The zero-order valence-electron chi connectivity index (χ0n) is 39.7. The molecule has 0 heterocycles. The van der Waals surface area contributed by atoms with E-state index in [0.29, 0.717) is 19.3 Å². The van der Waals surface area contributed by atoms with Gasteiger partial charge in [-0.05, 0) is 51.4 Å². The van der Waals surface area contributed by atoms with Gasteiger partial charge in [-0.25, -0.2) is 0 Å². The summed E-state index contributed by atoms with van der Waals surface area (Å²) in [5.41, 5.74) is 0. The van der Waals surface area contributed by atoms with Crippen molar-refractivity contribution in [3.05, 3.63) is 24.3 Å². The minimum Gasteiger partial charge on any atom is -0.462 e. The van der Waals surface area contributed by atoms with Gasteiger partial charge in [-0.3, -0.25) is 9.59 Å². The number of carbonyl (C=O) groups is 2. The predicted molar refractivity (Wildman–Crippen MR) is 255 cm³/mol. The van der Waals surface area contributed by atoms with Crippen molar-refractivity contribution in [1.29, 1.82) is 0 Å². The summed E-state index contributed by atoms with van der Waals surface area (Å²) in [4.78, 5) is 26.1. The Kier molecular flexibility index (Phi) is 46.1. The minimum atomic E-state index is -0.787. The number of esters is 1. The largest absolute Gasteiger partial charge is 0.462 e. The molecule has 0 aromatic heterocycles. The molecule has 3 atom stereocenters. The lowest BCUT2D eigenvalue weighted by atomic mass is 10.0. The second-order valence-electron chi connectivity index (χ2n) is 18.0. The third kappa shape index (κ3) is 42.8. The number of carbonyl (C=O) groups excluding carboxylic acids is 2. The first-order valence-corrected chi connectivity index (χ1v) is 26.1. The van der Waals surface area contributed by atoms with E-state index in [0.717, 1.165) is 57.8 Å². The van der Waals surface area contributed by atoms with Gasteiger partial charge in [0, 0.05) is 6.42 Å². The number of allylic oxidation sites excluding steroid dienone is 4. The van der Waals surface area contributed by atoms with Gasteiger partial charge in [0.1, 0.15) is 6.10 Å². The van der Waals surface area contributed by atoms with Crippen molar-refractivity contribution in [3.8, 4) is 0 Å². The molecule has 0 saturated carbocycles. The molecule has 0 spiro atoms. The highest BCUT2D eigenvalue weighted by molar-refractivity contribution is 5.77. The van der Waals surface area contributed by atoms with Gasteiger partial charge in [0.25, 0.3) is 0 Å². The van der Waals surface area contributed by atoms with Crippen molar-refractivity contribution in [3.63, 3.8) is 0 Å². The molecule has 0 fully saturated rings. The van der Waals surface area contributed by atoms with Crippen molar-refractivity contribution in [1.82, 2.24) is 5.32 Å². The highest BCUT2D eigenvalue weighted by Gasteiger charge is 2.24. The van der Waals surface area contributed by atoms with E-state index in [1.54, 1.807) is 0 Å². The number of rotatable bonds is 47. The average Bonchev–Trinajstić information content (AvgIpc) is 3.23. The molecule has 0 aromatic rings. The molecular formula is C53H101NO5. The molecule has 1 amide bonds. The molecule has 6 nitrogen and oxygen atoms in total. The fraction of sp³-hybridized carbons (Fsp3) is 0.887. The highest BCUT2D eigenvalue weighted by Crippen LogP contribution is 2.18. The van der Waals surface area contributed by atoms with E-state index in [2.05, 4.69) is 50.4 Å². The molecule has 0 bridgehead atoms. The lowest BCUT2D eigenvalue weighted by molar-refractivity contribution is -0.151. The van der Waals surface area contributed by atoms with Gasteiger partial charge in [0.05, 0.1) is 25.2 Å². The molecule has 0 rings (SSSR count). The average molecular weight is 832 g/mol. The normalized spacial score (nSPS) is 13.4. The first-order valence-electron chi connectivity index (χ1n) is 26.1. The molecule has 0 aromatic carbocycles. The minimum absolute atomic E-state index is 0.0722. The van der Waals surface area contributed by atoms with Crippen LogP contribution in [0.2, 0.25) is 0 Å². The van der Waals surface area contributed by atoms with E-state index in [-0.39, 0.29) is 24.9 Å². The summed E-state index contributed by atoms with van der Waals surface area (Å²) in [6.07, 6.45) is 53.8. The van der Waals surface area contributed by atoms with Gasteiger partial charge in [-0.1, -0.05) is 238 Å². The van der Waals surface area contributed by atoms with Crippen LogP contribution in [0, 0.1) is 0 Å². The van der Waals surface area contributed by atoms with Gasteiger partial charge >= 0.3 is 5.97 Å². The van der Waals surface area contributed by atoms with Crippen LogP contribution in [0.15, 0.2) is 24.3 Å². The molecule has 6 heteroatoms. The summed E-state index contributed by atoms with van der Waals surface area (Å²) < 4.78 is 5.92. The fourth-order valence-electron chi connectivity index (χ4n) is 8.07. The van der Waals surface area contributed by atoms with Crippen LogP contribution in [-0.2, 0) is 14.3 Å². The number of hydrogen-bond acceptors (Lipinski definition) is 5. The monoisotopic (exact) mass is 832 g/mol. The standard InChI is InChI=1S/C53H101NO5/c1-4-7-10-13-16-19-22-24-25-26-28-31-34-37-40-43-46-53(58)59-49(44-41-38-35-32-29-21-18-15-12-9-6-3)47-52(57)54-50(48-55)51(56)45-42-39-36-33-30-27-23-20-17-14-11-8-5-2/h25-26,28,31,49-51,55-56H,4-24,27,29-30,32-48H2,1-3H3,(H,54,57)/b26-25+,31-28+. The molecule has 348 valence electrons. The number of nitrogens with one attached hydrogen (secondary N) is 1. The summed E-state index contributed by atoms with van der Waals surface area (Å²) in [7, 11) is 0. The van der Waals surface area contributed by atoms with Crippen LogP contribution in [0.3, 0.4) is 0 Å². The summed E-state index contributed by atoms with van der Waals surface area (Å²) >= 11 is 0. The Hall–Kier alpha value is -1.66. The number of aliphatic hydroxyl groups is 2. The maximum atomic E-state index is 13.2. The second kappa shape index (κ2) is 47.4. The Morgan fingerprint density at radius 3 is 1.25 bits per heavy atom. The number of aliphatic hydroxyl groups excluding tert-OH is 2. The lowest BCUT2D eigenvalue weighted by Gasteiger charge is -2.24. The number of ether oxygens (including phenoxy) is 1. The molecule has 0 aliphatic rings. The van der Waals surface area contributed by atoms with Crippen molar-refractivity contribution in [2.45, 2.75) is 296 Å². The first kappa shape index (κ1) is 57.3. The Bertz CT molecular complexity index is 935. The maximum Gasteiger partial charge on any atom is 0.306 e. The van der Waals surface area contributed by atoms with Gasteiger partial charge in [-0.15, -0.1) is 0 Å². The molecule has 0 saturated heterocycles. The second-order valence-corrected chi connectivity index (χ2v) is 18.0. The summed E-state index contributed by atoms with van der Waals surface area (Å²) in [6.45, 7) is 6.48. The van der Waals surface area contributed by atoms with Crippen molar-refractivity contribution in [2.75, 3.05) is 6.61 Å². The van der Waals surface area contributed by atoms with E-state index in [9.17, 15) is 19.8 Å². The van der Waals surface area contributed by atoms with Crippen LogP contribution in [0.1, 0.15) is 278 Å². The van der Waals surface area contributed by atoms with Crippen molar-refractivity contribution < 1.29 is 24.5 Å². The zero-order chi connectivity index (χ0) is 43.1. The van der Waals surface area contributed by atoms with Crippen molar-refractivity contribution >= 4 is 11.9 Å². The Morgan fingerprint density at radius 2 is 0.847 bits per heavy atom. The molecule has 59 heavy (non-hydrogen) atoms. The Morgan fingerprint density at radius 1 is 0.492 bits per heavy atom. The fourth-order valence-corrected chi connectivity index (χ4v) is 8.07. The highest BCUT2D eigenvalue weighted by atomic mass is 16.5. The van der Waals surface area contributed by atoms with Gasteiger partial charge < -0.3 is 20.3 Å².